The van der Waals surface area contributed by atoms with Crippen LogP contribution in [-0.4, -0.2) is 15.5 Å². The molecule has 0 bridgehead atoms. The molecule has 2 heterocycles. The van der Waals surface area contributed by atoms with Crippen molar-refractivity contribution >= 4 is 28.8 Å². The SMILES string of the molecule is Cn1cc(C(N)=O)c(-c2ccc(Cl)s2)nc1=O. The molecule has 0 aliphatic heterocycles. The van der Waals surface area contributed by atoms with Gasteiger partial charge in [-0.15, -0.1) is 11.3 Å². The Labute approximate surface area is 105 Å². The van der Waals surface area contributed by atoms with Gasteiger partial charge in [0.25, 0.3) is 5.91 Å². The van der Waals surface area contributed by atoms with Gasteiger partial charge in [0.15, 0.2) is 0 Å². The average molecular weight is 270 g/mol. The van der Waals surface area contributed by atoms with Crippen LogP contribution in [0, 0.1) is 0 Å². The summed E-state index contributed by atoms with van der Waals surface area (Å²) >= 11 is 7.04. The fourth-order valence-corrected chi connectivity index (χ4v) is 2.40. The van der Waals surface area contributed by atoms with Crippen LogP contribution in [0.1, 0.15) is 10.4 Å². The Kier molecular flexibility index (Phi) is 2.99. The normalized spacial score (nSPS) is 10.5. The third-order valence-electron chi connectivity index (χ3n) is 2.16. The van der Waals surface area contributed by atoms with Gasteiger partial charge in [-0.05, 0) is 12.1 Å². The largest absolute Gasteiger partial charge is 0.365 e. The van der Waals surface area contributed by atoms with Gasteiger partial charge in [-0.1, -0.05) is 11.6 Å². The number of primary amides is 1. The van der Waals surface area contributed by atoms with Crippen molar-refractivity contribution in [3.8, 4) is 10.6 Å². The van der Waals surface area contributed by atoms with E-state index >= 15 is 0 Å². The van der Waals surface area contributed by atoms with E-state index in [1.54, 1.807) is 12.1 Å². The minimum Gasteiger partial charge on any atom is -0.365 e. The summed E-state index contributed by atoms with van der Waals surface area (Å²) in [5, 5.41) is 0. The maximum atomic E-state index is 11.5. The number of thiophene rings is 1. The second-order valence-electron chi connectivity index (χ2n) is 3.36. The van der Waals surface area contributed by atoms with Crippen molar-refractivity contribution in [2.75, 3.05) is 0 Å². The molecule has 2 N–H and O–H groups in total. The highest BCUT2D eigenvalue weighted by Gasteiger charge is 2.15. The molecular formula is C10H8ClN3O2S. The summed E-state index contributed by atoms with van der Waals surface area (Å²) in [4.78, 5) is 27.2. The molecule has 0 saturated carbocycles. The Morgan fingerprint density at radius 2 is 2.24 bits per heavy atom. The van der Waals surface area contributed by atoms with E-state index in [1.165, 1.54) is 29.1 Å². The Bertz CT molecular complexity index is 647. The molecule has 0 aromatic carbocycles. The predicted molar refractivity (Wildman–Crippen MR) is 66.3 cm³/mol. The van der Waals surface area contributed by atoms with Crippen molar-refractivity contribution in [2.45, 2.75) is 0 Å². The summed E-state index contributed by atoms with van der Waals surface area (Å²) in [5.41, 5.74) is 5.28. The summed E-state index contributed by atoms with van der Waals surface area (Å²) < 4.78 is 1.76. The second-order valence-corrected chi connectivity index (χ2v) is 5.08. The first-order valence-corrected chi connectivity index (χ1v) is 5.81. The third kappa shape index (κ3) is 2.22. The predicted octanol–water partition coefficient (Wildman–Crippen LogP) is 1.26. The molecule has 2 aromatic heterocycles. The number of aromatic nitrogens is 2. The zero-order valence-electron chi connectivity index (χ0n) is 8.81. The summed E-state index contributed by atoms with van der Waals surface area (Å²) in [6.07, 6.45) is 1.38. The summed E-state index contributed by atoms with van der Waals surface area (Å²) in [7, 11) is 1.51. The molecule has 2 aromatic rings. The van der Waals surface area contributed by atoms with Crippen molar-refractivity contribution in [3.63, 3.8) is 0 Å². The van der Waals surface area contributed by atoms with E-state index in [0.29, 0.717) is 9.21 Å². The lowest BCUT2D eigenvalue weighted by Crippen LogP contribution is -2.24. The van der Waals surface area contributed by atoms with E-state index < -0.39 is 11.6 Å². The first-order valence-electron chi connectivity index (χ1n) is 4.62. The standard InChI is InChI=1S/C10H8ClN3O2S/c1-14-4-5(9(12)15)8(13-10(14)16)6-2-3-7(11)17-6/h2-4H,1H3,(H2,12,15). The number of nitrogens with two attached hydrogens (primary N) is 1. The summed E-state index contributed by atoms with van der Waals surface area (Å²) in [6.45, 7) is 0. The average Bonchev–Trinajstić information content (AvgIpc) is 2.68. The Morgan fingerprint density at radius 3 is 2.76 bits per heavy atom. The fraction of sp³-hybridized carbons (Fsp3) is 0.100. The van der Waals surface area contributed by atoms with E-state index in [0.717, 1.165) is 0 Å². The molecule has 0 saturated heterocycles. The van der Waals surface area contributed by atoms with E-state index in [2.05, 4.69) is 4.98 Å². The third-order valence-corrected chi connectivity index (χ3v) is 3.40. The molecule has 2 rings (SSSR count). The van der Waals surface area contributed by atoms with Gasteiger partial charge in [0.05, 0.1) is 14.8 Å². The zero-order valence-corrected chi connectivity index (χ0v) is 10.4. The number of rotatable bonds is 2. The van der Waals surface area contributed by atoms with Crippen molar-refractivity contribution in [1.82, 2.24) is 9.55 Å². The van der Waals surface area contributed by atoms with Gasteiger partial charge in [0.2, 0.25) is 0 Å². The minimum atomic E-state index is -0.632. The molecule has 1 amide bonds. The van der Waals surface area contributed by atoms with Crippen molar-refractivity contribution in [3.05, 3.63) is 38.7 Å². The minimum absolute atomic E-state index is 0.200. The van der Waals surface area contributed by atoms with E-state index in [9.17, 15) is 9.59 Å². The molecule has 7 heteroatoms. The van der Waals surface area contributed by atoms with Gasteiger partial charge in [-0.3, -0.25) is 4.79 Å². The molecular weight excluding hydrogens is 262 g/mol. The van der Waals surface area contributed by atoms with Crippen molar-refractivity contribution < 1.29 is 4.79 Å². The number of aryl methyl sites for hydroxylation is 1. The van der Waals surface area contributed by atoms with Gasteiger partial charge in [0.1, 0.15) is 5.69 Å². The number of carbonyl (C=O) groups is 1. The van der Waals surface area contributed by atoms with Crippen LogP contribution in [-0.2, 0) is 7.05 Å². The van der Waals surface area contributed by atoms with Crippen LogP contribution in [0.3, 0.4) is 0 Å². The Morgan fingerprint density at radius 1 is 1.53 bits per heavy atom. The number of hydrogen-bond donors (Lipinski definition) is 1. The monoisotopic (exact) mass is 269 g/mol. The van der Waals surface area contributed by atoms with Crippen LogP contribution in [0.15, 0.2) is 23.1 Å². The number of carbonyl (C=O) groups excluding carboxylic acids is 1. The van der Waals surface area contributed by atoms with E-state index in [-0.39, 0.29) is 11.3 Å². The molecule has 0 aliphatic rings. The smallest absolute Gasteiger partial charge is 0.347 e. The zero-order chi connectivity index (χ0) is 12.6. The van der Waals surface area contributed by atoms with Gasteiger partial charge in [0, 0.05) is 13.2 Å². The summed E-state index contributed by atoms with van der Waals surface area (Å²) in [6, 6.07) is 3.37. The molecule has 0 aliphatic carbocycles. The quantitative estimate of drug-likeness (QED) is 0.891. The topological polar surface area (TPSA) is 78.0 Å². The molecule has 0 unspecified atom stereocenters. The first kappa shape index (κ1) is 11.8. The van der Waals surface area contributed by atoms with Crippen molar-refractivity contribution in [1.29, 1.82) is 0 Å². The number of hydrogen-bond acceptors (Lipinski definition) is 4. The van der Waals surface area contributed by atoms with Crippen LogP contribution in [0.25, 0.3) is 10.6 Å². The summed E-state index contributed by atoms with van der Waals surface area (Å²) in [5.74, 6) is -0.632. The van der Waals surface area contributed by atoms with Crippen LogP contribution in [0.2, 0.25) is 4.34 Å². The number of nitrogens with zero attached hydrogens (tertiary/aromatic N) is 2. The van der Waals surface area contributed by atoms with Gasteiger partial charge in [-0.25, -0.2) is 4.79 Å². The number of amides is 1. The fourth-order valence-electron chi connectivity index (χ4n) is 1.35. The van der Waals surface area contributed by atoms with E-state index in [1.807, 2.05) is 0 Å². The number of halogens is 1. The highest BCUT2D eigenvalue weighted by Crippen LogP contribution is 2.30. The lowest BCUT2D eigenvalue weighted by Gasteiger charge is -2.05. The molecule has 0 fully saturated rings. The molecule has 0 atom stereocenters. The lowest BCUT2D eigenvalue weighted by atomic mass is 10.2. The Balaban J connectivity index is 2.71. The van der Waals surface area contributed by atoms with Crippen molar-refractivity contribution in [2.24, 2.45) is 12.8 Å². The first-order chi connectivity index (χ1) is 7.99. The van der Waals surface area contributed by atoms with E-state index in [4.69, 9.17) is 17.3 Å². The van der Waals surface area contributed by atoms with Crippen LogP contribution >= 0.6 is 22.9 Å². The molecule has 0 radical (unpaired) electrons. The highest BCUT2D eigenvalue weighted by molar-refractivity contribution is 7.19. The molecule has 0 spiro atoms. The molecule has 17 heavy (non-hydrogen) atoms. The molecule has 5 nitrogen and oxygen atoms in total. The van der Waals surface area contributed by atoms with Crippen LogP contribution in [0.4, 0.5) is 0 Å². The van der Waals surface area contributed by atoms with Crippen LogP contribution in [0.5, 0.6) is 0 Å². The van der Waals surface area contributed by atoms with Gasteiger partial charge < -0.3 is 10.3 Å². The van der Waals surface area contributed by atoms with Gasteiger partial charge in [-0.2, -0.15) is 4.98 Å². The van der Waals surface area contributed by atoms with Gasteiger partial charge >= 0.3 is 5.69 Å². The highest BCUT2D eigenvalue weighted by atomic mass is 35.5. The Hall–Kier alpha value is -1.66. The lowest BCUT2D eigenvalue weighted by molar-refractivity contribution is 0.1000. The molecule has 88 valence electrons. The van der Waals surface area contributed by atoms with Crippen LogP contribution < -0.4 is 11.4 Å². The maximum absolute atomic E-state index is 11.5. The maximum Gasteiger partial charge on any atom is 0.347 e. The second kappa shape index (κ2) is 4.31.